The summed E-state index contributed by atoms with van der Waals surface area (Å²) in [6.07, 6.45) is 1.72. The Kier molecular flexibility index (Phi) is 2.48. The first-order valence-electron chi connectivity index (χ1n) is 4.14. The Bertz CT molecular complexity index is 483. The van der Waals surface area contributed by atoms with Crippen molar-refractivity contribution in [3.05, 3.63) is 34.4 Å². The Balaban J connectivity index is 2.86. The van der Waals surface area contributed by atoms with Crippen molar-refractivity contribution in [1.82, 2.24) is 4.98 Å². The lowest BCUT2D eigenvalue weighted by Crippen LogP contribution is -1.91. The summed E-state index contributed by atoms with van der Waals surface area (Å²) < 4.78 is 0. The number of nitrogens with zero attached hydrogens (tertiary/aromatic N) is 1. The standard InChI is InChI=1S/C10H8Cl2N2/c1-13-9-2-3-14-10-7(9)4-6(11)5-8(10)12/h2-5H,1H3,(H,13,14). The maximum atomic E-state index is 6.02. The van der Waals surface area contributed by atoms with E-state index >= 15 is 0 Å². The molecule has 0 aliphatic heterocycles. The SMILES string of the molecule is CNc1ccnc2c(Cl)cc(Cl)cc12. The number of fused-ring (bicyclic) bond motifs is 1. The van der Waals surface area contributed by atoms with Crippen molar-refractivity contribution in [2.45, 2.75) is 0 Å². The van der Waals surface area contributed by atoms with Crippen LogP contribution in [0, 0.1) is 0 Å². The summed E-state index contributed by atoms with van der Waals surface area (Å²) in [6, 6.07) is 5.43. The zero-order valence-corrected chi connectivity index (χ0v) is 9.02. The predicted octanol–water partition coefficient (Wildman–Crippen LogP) is 3.58. The Morgan fingerprint density at radius 1 is 1.29 bits per heavy atom. The molecule has 0 saturated carbocycles. The second kappa shape index (κ2) is 3.64. The van der Waals surface area contributed by atoms with Gasteiger partial charge in [-0.25, -0.2) is 0 Å². The van der Waals surface area contributed by atoms with E-state index in [1.54, 1.807) is 12.3 Å². The van der Waals surface area contributed by atoms with E-state index in [9.17, 15) is 0 Å². The predicted molar refractivity (Wildman–Crippen MR) is 61.3 cm³/mol. The van der Waals surface area contributed by atoms with Crippen LogP contribution in [0.15, 0.2) is 24.4 Å². The van der Waals surface area contributed by atoms with Crippen molar-refractivity contribution < 1.29 is 0 Å². The molecule has 4 heteroatoms. The van der Waals surface area contributed by atoms with Crippen molar-refractivity contribution in [3.63, 3.8) is 0 Å². The highest BCUT2D eigenvalue weighted by Crippen LogP contribution is 2.30. The Labute approximate surface area is 91.9 Å². The molecule has 0 aliphatic carbocycles. The molecule has 0 spiro atoms. The maximum absolute atomic E-state index is 6.02. The lowest BCUT2D eigenvalue weighted by atomic mass is 10.2. The maximum Gasteiger partial charge on any atom is 0.0909 e. The minimum Gasteiger partial charge on any atom is -0.388 e. The molecule has 2 nitrogen and oxygen atoms in total. The summed E-state index contributed by atoms with van der Waals surface area (Å²) in [6.45, 7) is 0. The number of halogens is 2. The van der Waals surface area contributed by atoms with Crippen molar-refractivity contribution in [3.8, 4) is 0 Å². The highest BCUT2D eigenvalue weighted by molar-refractivity contribution is 6.38. The molecular weight excluding hydrogens is 219 g/mol. The molecule has 2 rings (SSSR count). The van der Waals surface area contributed by atoms with E-state index in [1.807, 2.05) is 19.2 Å². The first-order valence-corrected chi connectivity index (χ1v) is 4.89. The summed E-state index contributed by atoms with van der Waals surface area (Å²) in [5.74, 6) is 0. The van der Waals surface area contributed by atoms with Crippen molar-refractivity contribution in [1.29, 1.82) is 0 Å². The van der Waals surface area contributed by atoms with Crippen LogP contribution in [0.2, 0.25) is 10.0 Å². The molecule has 0 unspecified atom stereocenters. The van der Waals surface area contributed by atoms with Crippen molar-refractivity contribution >= 4 is 39.8 Å². The summed E-state index contributed by atoms with van der Waals surface area (Å²) in [5.41, 5.74) is 1.74. The van der Waals surface area contributed by atoms with Crippen molar-refractivity contribution in [2.75, 3.05) is 12.4 Å². The van der Waals surface area contributed by atoms with Crippen LogP contribution in [0.25, 0.3) is 10.9 Å². The van der Waals surface area contributed by atoms with E-state index in [-0.39, 0.29) is 0 Å². The van der Waals surface area contributed by atoms with Gasteiger partial charge in [0.2, 0.25) is 0 Å². The molecule has 0 aliphatic rings. The van der Waals surface area contributed by atoms with Crippen LogP contribution in [0.1, 0.15) is 0 Å². The van der Waals surface area contributed by atoms with Crippen LogP contribution in [0.3, 0.4) is 0 Å². The quantitative estimate of drug-likeness (QED) is 0.805. The molecule has 1 aromatic heterocycles. The molecule has 1 aromatic carbocycles. The zero-order valence-electron chi connectivity index (χ0n) is 7.51. The normalized spacial score (nSPS) is 10.5. The van der Waals surface area contributed by atoms with Gasteiger partial charge in [0.1, 0.15) is 0 Å². The van der Waals surface area contributed by atoms with Gasteiger partial charge in [0.15, 0.2) is 0 Å². The van der Waals surface area contributed by atoms with E-state index < -0.39 is 0 Å². The number of benzene rings is 1. The molecule has 0 atom stereocenters. The lowest BCUT2D eigenvalue weighted by Gasteiger charge is -2.06. The molecule has 14 heavy (non-hydrogen) atoms. The van der Waals surface area contributed by atoms with E-state index in [2.05, 4.69) is 10.3 Å². The first-order chi connectivity index (χ1) is 6.72. The number of hydrogen-bond acceptors (Lipinski definition) is 2. The highest BCUT2D eigenvalue weighted by atomic mass is 35.5. The van der Waals surface area contributed by atoms with E-state index in [1.165, 1.54) is 0 Å². The fraction of sp³-hybridized carbons (Fsp3) is 0.100. The average Bonchev–Trinajstić information content (AvgIpc) is 2.17. The van der Waals surface area contributed by atoms with Gasteiger partial charge in [-0.15, -0.1) is 0 Å². The minimum atomic E-state index is 0.574. The fourth-order valence-electron chi connectivity index (χ4n) is 1.40. The van der Waals surface area contributed by atoms with Crippen LogP contribution in [0.4, 0.5) is 5.69 Å². The van der Waals surface area contributed by atoms with Crippen LogP contribution in [-0.4, -0.2) is 12.0 Å². The molecule has 2 aromatic rings. The third-order valence-electron chi connectivity index (χ3n) is 2.03. The van der Waals surface area contributed by atoms with Crippen LogP contribution in [0.5, 0.6) is 0 Å². The largest absolute Gasteiger partial charge is 0.388 e. The third kappa shape index (κ3) is 1.51. The number of nitrogens with one attached hydrogen (secondary N) is 1. The number of anilines is 1. The molecule has 0 radical (unpaired) electrons. The number of hydrogen-bond donors (Lipinski definition) is 1. The van der Waals surface area contributed by atoms with Gasteiger partial charge in [-0.1, -0.05) is 23.2 Å². The lowest BCUT2D eigenvalue weighted by molar-refractivity contribution is 1.39. The van der Waals surface area contributed by atoms with Gasteiger partial charge in [0.25, 0.3) is 0 Å². The van der Waals surface area contributed by atoms with Crippen LogP contribution < -0.4 is 5.32 Å². The highest BCUT2D eigenvalue weighted by Gasteiger charge is 2.05. The monoisotopic (exact) mass is 226 g/mol. The van der Waals surface area contributed by atoms with Gasteiger partial charge in [-0.05, 0) is 18.2 Å². The molecule has 0 bridgehead atoms. The van der Waals surface area contributed by atoms with Crippen molar-refractivity contribution in [2.24, 2.45) is 0 Å². The van der Waals surface area contributed by atoms with Crippen LogP contribution in [-0.2, 0) is 0 Å². The number of rotatable bonds is 1. The second-order valence-electron chi connectivity index (χ2n) is 2.89. The molecule has 0 saturated heterocycles. The van der Waals surface area contributed by atoms with E-state index in [4.69, 9.17) is 23.2 Å². The van der Waals surface area contributed by atoms with Gasteiger partial charge in [-0.2, -0.15) is 0 Å². The van der Waals surface area contributed by atoms with Gasteiger partial charge in [0, 0.05) is 29.3 Å². The molecule has 72 valence electrons. The summed E-state index contributed by atoms with van der Waals surface area (Å²) >= 11 is 11.9. The zero-order chi connectivity index (χ0) is 10.1. The van der Waals surface area contributed by atoms with E-state index in [0.717, 1.165) is 16.6 Å². The second-order valence-corrected chi connectivity index (χ2v) is 3.74. The fourth-order valence-corrected chi connectivity index (χ4v) is 1.94. The van der Waals surface area contributed by atoms with Gasteiger partial charge in [0.05, 0.1) is 10.5 Å². The Hall–Kier alpha value is -0.990. The third-order valence-corrected chi connectivity index (χ3v) is 2.54. The average molecular weight is 227 g/mol. The molecule has 0 amide bonds. The van der Waals surface area contributed by atoms with E-state index in [0.29, 0.717) is 10.0 Å². The van der Waals surface area contributed by atoms with Gasteiger partial charge < -0.3 is 5.32 Å². The minimum absolute atomic E-state index is 0.574. The Morgan fingerprint density at radius 2 is 2.07 bits per heavy atom. The first kappa shape index (κ1) is 9.56. The molecule has 1 N–H and O–H groups in total. The summed E-state index contributed by atoms with van der Waals surface area (Å²) in [7, 11) is 1.85. The molecular formula is C10H8Cl2N2. The number of pyridine rings is 1. The molecule has 1 heterocycles. The van der Waals surface area contributed by atoms with Gasteiger partial charge in [-0.3, -0.25) is 4.98 Å². The summed E-state index contributed by atoms with van der Waals surface area (Å²) in [4.78, 5) is 4.20. The smallest absolute Gasteiger partial charge is 0.0909 e. The summed E-state index contributed by atoms with van der Waals surface area (Å²) in [5, 5.41) is 5.20. The Morgan fingerprint density at radius 3 is 2.79 bits per heavy atom. The molecule has 0 fully saturated rings. The topological polar surface area (TPSA) is 24.9 Å². The van der Waals surface area contributed by atoms with Gasteiger partial charge >= 0.3 is 0 Å². The number of aromatic nitrogens is 1. The van der Waals surface area contributed by atoms with Crippen LogP contribution >= 0.6 is 23.2 Å².